The summed E-state index contributed by atoms with van der Waals surface area (Å²) in [6.07, 6.45) is 2.94. The molecule has 2 aliphatic rings. The number of nitrogens with one attached hydrogen (secondary N) is 1. The molecule has 2 amide bonds. The molecule has 1 N–H and O–H groups in total. The van der Waals surface area contributed by atoms with Gasteiger partial charge >= 0.3 is 0 Å². The maximum absolute atomic E-state index is 13.2. The number of hydrogen-bond acceptors (Lipinski definition) is 5. The van der Waals surface area contributed by atoms with Crippen LogP contribution in [0.4, 0.5) is 5.69 Å². The number of benzene rings is 1. The third-order valence-corrected chi connectivity index (χ3v) is 6.50. The molecule has 1 aromatic rings. The topological polar surface area (TPSA) is 71.1 Å². The van der Waals surface area contributed by atoms with Gasteiger partial charge in [0.05, 0.1) is 11.7 Å². The van der Waals surface area contributed by atoms with E-state index in [4.69, 9.17) is 9.47 Å². The largest absolute Gasteiger partial charge is 0.491 e. The standard InChI is InChI=1S/C23H35N3O4/c1-15-12-25(3)16(2)14-30-20-11-18(24-22(27)17-7-6-8-17)9-10-19(20)23(28)26(4)13-21(15)29-5/h9-11,15-17,21H,6-8,12-14H2,1-5H3,(H,24,27)/t15-,16-,21-/m1/s1. The lowest BCUT2D eigenvalue weighted by Gasteiger charge is -2.34. The van der Waals surface area contributed by atoms with Crippen molar-refractivity contribution in [1.29, 1.82) is 0 Å². The molecule has 1 heterocycles. The van der Waals surface area contributed by atoms with Gasteiger partial charge in [-0.2, -0.15) is 0 Å². The summed E-state index contributed by atoms with van der Waals surface area (Å²) >= 11 is 0. The summed E-state index contributed by atoms with van der Waals surface area (Å²) in [7, 11) is 5.56. The Balaban J connectivity index is 1.87. The number of hydrogen-bond donors (Lipinski definition) is 1. The second-order valence-corrected chi connectivity index (χ2v) is 8.86. The zero-order valence-electron chi connectivity index (χ0n) is 18.8. The highest BCUT2D eigenvalue weighted by atomic mass is 16.5. The Hall–Kier alpha value is -2.12. The van der Waals surface area contributed by atoms with Gasteiger partial charge in [0.15, 0.2) is 0 Å². The molecule has 1 aromatic carbocycles. The molecule has 0 radical (unpaired) electrons. The average molecular weight is 418 g/mol. The lowest BCUT2D eigenvalue weighted by molar-refractivity contribution is -0.122. The molecular weight excluding hydrogens is 382 g/mol. The van der Waals surface area contributed by atoms with Crippen LogP contribution in [0.5, 0.6) is 5.75 Å². The minimum Gasteiger partial charge on any atom is -0.491 e. The van der Waals surface area contributed by atoms with E-state index < -0.39 is 0 Å². The predicted molar refractivity (Wildman–Crippen MR) is 117 cm³/mol. The second-order valence-electron chi connectivity index (χ2n) is 8.86. The summed E-state index contributed by atoms with van der Waals surface area (Å²) < 4.78 is 11.8. The molecule has 0 unspecified atom stereocenters. The molecule has 0 bridgehead atoms. The van der Waals surface area contributed by atoms with Crippen LogP contribution in [-0.2, 0) is 9.53 Å². The average Bonchev–Trinajstić information content (AvgIpc) is 2.67. The summed E-state index contributed by atoms with van der Waals surface area (Å²) in [5.41, 5.74) is 1.16. The van der Waals surface area contributed by atoms with Gasteiger partial charge in [-0.1, -0.05) is 13.3 Å². The fourth-order valence-corrected chi connectivity index (χ4v) is 3.95. The summed E-state index contributed by atoms with van der Waals surface area (Å²) in [6, 6.07) is 5.46. The summed E-state index contributed by atoms with van der Waals surface area (Å²) in [5.74, 6) is 0.795. The van der Waals surface area contributed by atoms with Gasteiger partial charge in [0, 0.05) is 51.0 Å². The van der Waals surface area contributed by atoms with Crippen LogP contribution in [0.3, 0.4) is 0 Å². The van der Waals surface area contributed by atoms with Gasteiger partial charge < -0.3 is 19.7 Å². The van der Waals surface area contributed by atoms with E-state index in [2.05, 4.69) is 31.1 Å². The van der Waals surface area contributed by atoms with Gasteiger partial charge in [0.2, 0.25) is 5.91 Å². The van der Waals surface area contributed by atoms with E-state index >= 15 is 0 Å². The normalized spacial score (nSPS) is 26.6. The van der Waals surface area contributed by atoms with Crippen molar-refractivity contribution in [3.05, 3.63) is 23.8 Å². The highest BCUT2D eigenvalue weighted by Gasteiger charge is 2.28. The SMILES string of the molecule is CO[C@@H]1CN(C)C(=O)c2ccc(NC(=O)C3CCC3)cc2OC[C@@H](C)N(C)C[C@H]1C. The summed E-state index contributed by atoms with van der Waals surface area (Å²) in [6.45, 7) is 6.04. The van der Waals surface area contributed by atoms with Gasteiger partial charge in [0.25, 0.3) is 5.91 Å². The highest BCUT2D eigenvalue weighted by molar-refractivity contribution is 5.99. The smallest absolute Gasteiger partial charge is 0.257 e. The minimum absolute atomic E-state index is 0.0443. The number of carbonyl (C=O) groups is 2. The lowest BCUT2D eigenvalue weighted by atomic mass is 9.85. The van der Waals surface area contributed by atoms with Crippen LogP contribution >= 0.6 is 0 Å². The number of nitrogens with zero attached hydrogens (tertiary/aromatic N) is 2. The second kappa shape index (κ2) is 9.79. The van der Waals surface area contributed by atoms with Gasteiger partial charge in [-0.05, 0) is 44.9 Å². The molecule has 7 heteroatoms. The number of carbonyl (C=O) groups excluding carboxylic acids is 2. The molecule has 30 heavy (non-hydrogen) atoms. The van der Waals surface area contributed by atoms with Gasteiger partial charge in [0.1, 0.15) is 12.4 Å². The molecule has 3 atom stereocenters. The van der Waals surface area contributed by atoms with Crippen LogP contribution in [0.25, 0.3) is 0 Å². The monoisotopic (exact) mass is 417 g/mol. The van der Waals surface area contributed by atoms with Crippen LogP contribution in [0.15, 0.2) is 18.2 Å². The number of fused-ring (bicyclic) bond motifs is 1. The first-order valence-corrected chi connectivity index (χ1v) is 10.9. The van der Waals surface area contributed by atoms with Crippen LogP contribution in [-0.4, -0.2) is 74.7 Å². The molecule has 166 valence electrons. The van der Waals surface area contributed by atoms with Crippen molar-refractivity contribution in [2.24, 2.45) is 11.8 Å². The molecule has 0 aromatic heterocycles. The first-order chi connectivity index (χ1) is 14.3. The molecule has 1 aliphatic carbocycles. The van der Waals surface area contributed by atoms with E-state index in [-0.39, 0.29) is 35.8 Å². The van der Waals surface area contributed by atoms with Crippen molar-refractivity contribution in [3.8, 4) is 5.75 Å². The van der Waals surface area contributed by atoms with Crippen molar-refractivity contribution >= 4 is 17.5 Å². The number of anilines is 1. The zero-order chi connectivity index (χ0) is 21.8. The van der Waals surface area contributed by atoms with E-state index in [1.54, 1.807) is 37.3 Å². The van der Waals surface area contributed by atoms with E-state index in [1.807, 2.05) is 0 Å². The van der Waals surface area contributed by atoms with E-state index in [0.717, 1.165) is 25.8 Å². The van der Waals surface area contributed by atoms with Crippen LogP contribution < -0.4 is 10.1 Å². The Kier molecular flexibility index (Phi) is 7.36. The molecule has 7 nitrogen and oxygen atoms in total. The Morgan fingerprint density at radius 1 is 1.20 bits per heavy atom. The molecule has 1 saturated carbocycles. The Morgan fingerprint density at radius 2 is 1.93 bits per heavy atom. The zero-order valence-corrected chi connectivity index (χ0v) is 18.8. The number of rotatable bonds is 3. The maximum atomic E-state index is 13.2. The molecule has 1 aliphatic heterocycles. The van der Waals surface area contributed by atoms with Crippen molar-refractivity contribution in [2.45, 2.75) is 45.3 Å². The molecule has 1 fully saturated rings. The fraction of sp³-hybridized carbons (Fsp3) is 0.652. The highest BCUT2D eigenvalue weighted by Crippen LogP contribution is 2.30. The predicted octanol–water partition coefficient (Wildman–Crippen LogP) is 2.86. The van der Waals surface area contributed by atoms with Gasteiger partial charge in [-0.15, -0.1) is 0 Å². The summed E-state index contributed by atoms with van der Waals surface area (Å²) in [4.78, 5) is 29.4. The molecule has 3 rings (SSSR count). The number of amides is 2. The molecule has 0 saturated heterocycles. The van der Waals surface area contributed by atoms with E-state index in [0.29, 0.717) is 30.2 Å². The maximum Gasteiger partial charge on any atom is 0.257 e. The van der Waals surface area contributed by atoms with Crippen LogP contribution in [0.1, 0.15) is 43.5 Å². The lowest BCUT2D eigenvalue weighted by Crippen LogP contribution is -2.45. The minimum atomic E-state index is -0.113. The number of ether oxygens (including phenoxy) is 2. The third kappa shape index (κ3) is 5.13. The Labute approximate surface area is 179 Å². The van der Waals surface area contributed by atoms with Crippen molar-refractivity contribution in [2.75, 3.05) is 46.2 Å². The third-order valence-electron chi connectivity index (χ3n) is 6.50. The number of methoxy groups -OCH3 is 1. The summed E-state index contributed by atoms with van der Waals surface area (Å²) in [5, 5.41) is 2.97. The van der Waals surface area contributed by atoms with Gasteiger partial charge in [-0.25, -0.2) is 0 Å². The van der Waals surface area contributed by atoms with Gasteiger partial charge in [-0.3, -0.25) is 14.5 Å². The van der Waals surface area contributed by atoms with Crippen molar-refractivity contribution in [1.82, 2.24) is 9.80 Å². The van der Waals surface area contributed by atoms with Crippen molar-refractivity contribution < 1.29 is 19.1 Å². The fourth-order valence-electron chi connectivity index (χ4n) is 3.95. The van der Waals surface area contributed by atoms with E-state index in [1.165, 1.54) is 0 Å². The van der Waals surface area contributed by atoms with Crippen molar-refractivity contribution in [3.63, 3.8) is 0 Å². The molecule has 0 spiro atoms. The van der Waals surface area contributed by atoms with Crippen LogP contribution in [0, 0.1) is 11.8 Å². The Morgan fingerprint density at radius 3 is 2.57 bits per heavy atom. The first-order valence-electron chi connectivity index (χ1n) is 10.9. The van der Waals surface area contributed by atoms with Crippen LogP contribution in [0.2, 0.25) is 0 Å². The molecular formula is C23H35N3O4. The number of likely N-dealkylation sites (N-methyl/N-ethyl adjacent to an activating group) is 2. The first kappa shape index (κ1) is 22.6. The quantitative estimate of drug-likeness (QED) is 0.819. The Bertz CT molecular complexity index is 765. The van der Waals surface area contributed by atoms with E-state index in [9.17, 15) is 9.59 Å².